The molecule has 0 saturated heterocycles. The second-order valence-corrected chi connectivity index (χ2v) is 10.6. The first kappa shape index (κ1) is 22.2. The number of benzene rings is 1. The molecule has 1 rings (SSSR count). The molecule has 1 aromatic rings. The number of carbonyl (C=O) groups is 1. The molecule has 0 bridgehead atoms. The lowest BCUT2D eigenvalue weighted by Gasteiger charge is -2.23. The topological polar surface area (TPSA) is 110 Å². The van der Waals surface area contributed by atoms with Gasteiger partial charge in [-0.05, 0) is 13.0 Å². The molecule has 1 aromatic carbocycles. The van der Waals surface area contributed by atoms with Crippen LogP contribution < -0.4 is 9.62 Å². The SMILES string of the molecule is Cc1c(N(CC(=O)NCCSC(C)(C)C)S(C)(=O)=O)cccc1[N+](=O)[O-]. The Kier molecular flexibility index (Phi) is 7.45. The van der Waals surface area contributed by atoms with Crippen LogP contribution in [0.3, 0.4) is 0 Å². The Hall–Kier alpha value is -1.81. The van der Waals surface area contributed by atoms with Crippen molar-refractivity contribution in [2.24, 2.45) is 0 Å². The van der Waals surface area contributed by atoms with E-state index in [9.17, 15) is 23.3 Å². The summed E-state index contributed by atoms with van der Waals surface area (Å²) in [5.74, 6) is 0.236. The van der Waals surface area contributed by atoms with Gasteiger partial charge in [0.2, 0.25) is 15.9 Å². The molecule has 0 unspecified atom stereocenters. The highest BCUT2D eigenvalue weighted by Crippen LogP contribution is 2.29. The van der Waals surface area contributed by atoms with Gasteiger partial charge in [-0.1, -0.05) is 26.8 Å². The number of nitrogens with one attached hydrogen (secondary N) is 1. The standard InChI is InChI=1S/C16H25N3O5S2/c1-12-13(7-6-8-14(12)19(21)22)18(26(5,23)24)11-15(20)17-9-10-25-16(2,3)4/h6-8H,9-11H2,1-5H3,(H,17,20). The molecule has 0 fully saturated rings. The number of carbonyl (C=O) groups excluding carboxylic acids is 1. The Bertz CT molecular complexity index is 773. The van der Waals surface area contributed by atoms with Gasteiger partial charge in [-0.25, -0.2) is 8.42 Å². The summed E-state index contributed by atoms with van der Waals surface area (Å²) < 4.78 is 25.2. The summed E-state index contributed by atoms with van der Waals surface area (Å²) in [6, 6.07) is 4.14. The summed E-state index contributed by atoms with van der Waals surface area (Å²) in [6.45, 7) is 7.64. The number of nitro groups is 1. The predicted molar refractivity (Wildman–Crippen MR) is 105 cm³/mol. The molecule has 0 aromatic heterocycles. The van der Waals surface area contributed by atoms with Gasteiger partial charge in [-0.15, -0.1) is 0 Å². The highest BCUT2D eigenvalue weighted by molar-refractivity contribution is 8.00. The number of nitro benzene ring substituents is 1. The van der Waals surface area contributed by atoms with E-state index in [1.54, 1.807) is 11.8 Å². The molecule has 1 amide bonds. The first-order chi connectivity index (χ1) is 11.8. The van der Waals surface area contributed by atoms with Crippen molar-refractivity contribution in [2.75, 3.05) is 29.4 Å². The Morgan fingerprint density at radius 1 is 1.35 bits per heavy atom. The molecule has 8 nitrogen and oxygen atoms in total. The van der Waals surface area contributed by atoms with Crippen molar-refractivity contribution in [1.29, 1.82) is 0 Å². The molecule has 0 aliphatic heterocycles. The molecule has 26 heavy (non-hydrogen) atoms. The zero-order chi connectivity index (χ0) is 20.1. The van der Waals surface area contributed by atoms with Crippen LogP contribution in [0.5, 0.6) is 0 Å². The third kappa shape index (κ3) is 6.83. The Balaban J connectivity index is 2.92. The van der Waals surface area contributed by atoms with Gasteiger partial charge in [0.1, 0.15) is 6.54 Å². The molecular formula is C16H25N3O5S2. The van der Waals surface area contributed by atoms with Gasteiger partial charge >= 0.3 is 0 Å². The fourth-order valence-electron chi connectivity index (χ4n) is 2.19. The van der Waals surface area contributed by atoms with Crippen molar-refractivity contribution in [3.63, 3.8) is 0 Å². The largest absolute Gasteiger partial charge is 0.354 e. The van der Waals surface area contributed by atoms with Crippen molar-refractivity contribution >= 4 is 39.1 Å². The summed E-state index contributed by atoms with van der Waals surface area (Å²) in [4.78, 5) is 22.7. The molecule has 0 heterocycles. The third-order valence-electron chi connectivity index (χ3n) is 3.39. The van der Waals surface area contributed by atoms with E-state index in [1.807, 2.05) is 0 Å². The number of anilines is 1. The van der Waals surface area contributed by atoms with Crippen LogP contribution in [0, 0.1) is 17.0 Å². The first-order valence-corrected chi connectivity index (χ1v) is 10.8. The van der Waals surface area contributed by atoms with E-state index in [0.29, 0.717) is 12.3 Å². The molecule has 1 N–H and O–H groups in total. The van der Waals surface area contributed by atoms with Crippen LogP contribution in [0.25, 0.3) is 0 Å². The van der Waals surface area contributed by atoms with Crippen LogP contribution in [0.1, 0.15) is 26.3 Å². The maximum absolute atomic E-state index is 12.2. The molecule has 146 valence electrons. The van der Waals surface area contributed by atoms with Gasteiger partial charge in [-0.3, -0.25) is 19.2 Å². The quantitative estimate of drug-likeness (QED) is 0.405. The summed E-state index contributed by atoms with van der Waals surface area (Å²) in [5.41, 5.74) is 0.123. The normalized spacial score (nSPS) is 11.9. The molecular weight excluding hydrogens is 378 g/mol. The highest BCUT2D eigenvalue weighted by Gasteiger charge is 2.25. The summed E-state index contributed by atoms with van der Waals surface area (Å²) in [6.07, 6.45) is 0.966. The van der Waals surface area contributed by atoms with E-state index in [4.69, 9.17) is 0 Å². The van der Waals surface area contributed by atoms with Crippen molar-refractivity contribution < 1.29 is 18.1 Å². The molecule has 0 spiro atoms. The monoisotopic (exact) mass is 403 g/mol. The van der Waals surface area contributed by atoms with Crippen LogP contribution in [0.15, 0.2) is 18.2 Å². The minimum absolute atomic E-state index is 0.0730. The van der Waals surface area contributed by atoms with Crippen molar-refractivity contribution in [3.05, 3.63) is 33.9 Å². The lowest BCUT2D eigenvalue weighted by Crippen LogP contribution is -2.41. The number of hydrogen-bond donors (Lipinski definition) is 1. The number of sulfonamides is 1. The van der Waals surface area contributed by atoms with Gasteiger partial charge in [0.15, 0.2) is 0 Å². The Labute approximate surface area is 158 Å². The van der Waals surface area contributed by atoms with E-state index < -0.39 is 27.4 Å². The van der Waals surface area contributed by atoms with Crippen LogP contribution in [-0.2, 0) is 14.8 Å². The number of rotatable bonds is 8. The van der Waals surface area contributed by atoms with E-state index in [0.717, 1.165) is 10.6 Å². The first-order valence-electron chi connectivity index (χ1n) is 7.95. The van der Waals surface area contributed by atoms with E-state index in [1.165, 1.54) is 25.1 Å². The molecule has 0 radical (unpaired) electrons. The van der Waals surface area contributed by atoms with Crippen molar-refractivity contribution in [2.45, 2.75) is 32.4 Å². The summed E-state index contributed by atoms with van der Waals surface area (Å²) >= 11 is 1.68. The number of amides is 1. The molecule has 10 heteroatoms. The van der Waals surface area contributed by atoms with E-state index in [-0.39, 0.29) is 21.7 Å². The minimum Gasteiger partial charge on any atom is -0.354 e. The van der Waals surface area contributed by atoms with Crippen LogP contribution >= 0.6 is 11.8 Å². The third-order valence-corrected chi connectivity index (χ3v) is 5.79. The maximum Gasteiger partial charge on any atom is 0.274 e. The lowest BCUT2D eigenvalue weighted by molar-refractivity contribution is -0.385. The summed E-state index contributed by atoms with van der Waals surface area (Å²) in [7, 11) is -3.79. The molecule has 0 atom stereocenters. The second kappa shape index (κ2) is 8.72. The molecule has 0 saturated carbocycles. The molecule has 0 aliphatic rings. The fourth-order valence-corrected chi connectivity index (χ4v) is 3.92. The van der Waals surface area contributed by atoms with Crippen molar-refractivity contribution in [1.82, 2.24) is 5.32 Å². The van der Waals surface area contributed by atoms with Gasteiger partial charge in [0.25, 0.3) is 5.69 Å². The minimum atomic E-state index is -3.79. The maximum atomic E-state index is 12.2. The van der Waals surface area contributed by atoms with Crippen LogP contribution in [0.2, 0.25) is 0 Å². The Morgan fingerprint density at radius 3 is 2.46 bits per heavy atom. The van der Waals surface area contributed by atoms with Gasteiger partial charge in [-0.2, -0.15) is 11.8 Å². The van der Waals surface area contributed by atoms with Gasteiger partial charge in [0, 0.05) is 23.1 Å². The predicted octanol–water partition coefficient (Wildman–Crippen LogP) is 2.32. The van der Waals surface area contributed by atoms with Crippen LogP contribution in [0.4, 0.5) is 11.4 Å². The zero-order valence-corrected chi connectivity index (χ0v) is 17.2. The van der Waals surface area contributed by atoms with Gasteiger partial charge in [0.05, 0.1) is 22.4 Å². The highest BCUT2D eigenvalue weighted by atomic mass is 32.2. The van der Waals surface area contributed by atoms with E-state index >= 15 is 0 Å². The number of nitrogens with zero attached hydrogens (tertiary/aromatic N) is 2. The fraction of sp³-hybridized carbons (Fsp3) is 0.562. The smallest absolute Gasteiger partial charge is 0.274 e. The summed E-state index contributed by atoms with van der Waals surface area (Å²) in [5, 5.41) is 13.8. The lowest BCUT2D eigenvalue weighted by atomic mass is 10.1. The van der Waals surface area contributed by atoms with Gasteiger partial charge < -0.3 is 5.32 Å². The van der Waals surface area contributed by atoms with Crippen LogP contribution in [-0.4, -0.2) is 49.1 Å². The zero-order valence-electron chi connectivity index (χ0n) is 15.6. The average Bonchev–Trinajstić information content (AvgIpc) is 2.47. The second-order valence-electron chi connectivity index (χ2n) is 6.76. The molecule has 0 aliphatic carbocycles. The number of hydrogen-bond acceptors (Lipinski definition) is 6. The number of thioether (sulfide) groups is 1. The van der Waals surface area contributed by atoms with Crippen molar-refractivity contribution in [3.8, 4) is 0 Å². The van der Waals surface area contributed by atoms with E-state index in [2.05, 4.69) is 26.1 Å². The average molecular weight is 404 g/mol. The Morgan fingerprint density at radius 2 is 1.96 bits per heavy atom.